The monoisotopic (exact) mass is 391 g/mol. The normalized spacial score (nSPS) is 15.9. The van der Waals surface area contributed by atoms with Gasteiger partial charge in [-0.3, -0.25) is 14.4 Å². The van der Waals surface area contributed by atoms with E-state index in [-0.39, 0.29) is 24.7 Å². The Bertz CT molecular complexity index is 950. The maximum atomic E-state index is 12.5. The zero-order chi connectivity index (χ0) is 20.2. The minimum Gasteiger partial charge on any atom is -0.457 e. The zero-order valence-electron chi connectivity index (χ0n) is 16.5. The number of rotatable bonds is 6. The average molecular weight is 391 g/mol. The van der Waals surface area contributed by atoms with Crippen LogP contribution in [-0.4, -0.2) is 30.8 Å². The first-order chi connectivity index (χ1) is 14.1. The lowest BCUT2D eigenvalue weighted by molar-refractivity contribution is -0.141. The van der Waals surface area contributed by atoms with Crippen LogP contribution < -0.4 is 4.90 Å². The van der Waals surface area contributed by atoms with E-state index in [9.17, 15) is 14.4 Å². The van der Waals surface area contributed by atoms with Crippen molar-refractivity contribution in [2.75, 3.05) is 18.1 Å². The number of fused-ring (bicyclic) bond motifs is 1. The van der Waals surface area contributed by atoms with E-state index in [0.29, 0.717) is 18.5 Å². The lowest BCUT2D eigenvalue weighted by Gasteiger charge is -2.16. The highest BCUT2D eigenvalue weighted by atomic mass is 16.5. The number of nitrogens with zero attached hydrogens (tertiary/aromatic N) is 1. The number of anilines is 1. The Kier molecular flexibility index (Phi) is 5.74. The van der Waals surface area contributed by atoms with E-state index >= 15 is 0 Å². The molecule has 0 aromatic heterocycles. The molecule has 0 unspecified atom stereocenters. The largest absolute Gasteiger partial charge is 0.457 e. The summed E-state index contributed by atoms with van der Waals surface area (Å²) >= 11 is 0. The molecule has 2 aromatic rings. The third-order valence-electron chi connectivity index (χ3n) is 5.68. The van der Waals surface area contributed by atoms with Gasteiger partial charge in [0.25, 0.3) is 0 Å². The quantitative estimate of drug-likeness (QED) is 0.557. The molecule has 4 rings (SSSR count). The van der Waals surface area contributed by atoms with E-state index in [0.717, 1.165) is 30.5 Å². The number of benzene rings is 2. The van der Waals surface area contributed by atoms with Crippen LogP contribution in [0.2, 0.25) is 0 Å². The maximum Gasteiger partial charge on any atom is 0.310 e. The Labute approximate surface area is 170 Å². The van der Waals surface area contributed by atoms with Crippen molar-refractivity contribution in [2.45, 2.75) is 44.9 Å². The topological polar surface area (TPSA) is 63.7 Å². The average Bonchev–Trinajstić information content (AvgIpc) is 3.18. The summed E-state index contributed by atoms with van der Waals surface area (Å²) in [5, 5.41) is 0. The minimum absolute atomic E-state index is 0.0751. The molecule has 1 amide bonds. The molecule has 0 atom stereocenters. The predicted octanol–water partition coefficient (Wildman–Crippen LogP) is 3.66. The fourth-order valence-corrected chi connectivity index (χ4v) is 4.11. The van der Waals surface area contributed by atoms with Crippen LogP contribution in [0.15, 0.2) is 42.5 Å². The van der Waals surface area contributed by atoms with Crippen molar-refractivity contribution in [3.63, 3.8) is 0 Å². The number of carbonyl (C=O) groups is 3. The van der Waals surface area contributed by atoms with Crippen LogP contribution in [0.5, 0.6) is 0 Å². The number of aryl methyl sites for hydroxylation is 2. The summed E-state index contributed by atoms with van der Waals surface area (Å²) in [7, 11) is 0. The van der Waals surface area contributed by atoms with E-state index in [1.165, 1.54) is 24.0 Å². The third kappa shape index (κ3) is 4.56. The maximum absolute atomic E-state index is 12.5. The molecule has 1 heterocycles. The third-order valence-corrected chi connectivity index (χ3v) is 5.68. The highest BCUT2D eigenvalue weighted by Gasteiger charge is 2.22. The molecule has 5 heteroatoms. The standard InChI is InChI=1S/C24H25NO4/c26-22(20-7-3-8-21(15-20)25-12-4-9-23(25)27)16-29-24(28)14-17-10-11-18-5-1-2-6-19(18)13-17/h3,7-8,10-11,13,15H,1-2,4-6,9,12,14,16H2. The molecule has 0 spiro atoms. The molecular formula is C24H25NO4. The van der Waals surface area contributed by atoms with E-state index in [4.69, 9.17) is 4.74 Å². The summed E-state index contributed by atoms with van der Waals surface area (Å²) < 4.78 is 5.22. The van der Waals surface area contributed by atoms with Gasteiger partial charge in [0.15, 0.2) is 12.4 Å². The molecular weight excluding hydrogens is 366 g/mol. The van der Waals surface area contributed by atoms with Gasteiger partial charge in [0.1, 0.15) is 0 Å². The Balaban J connectivity index is 1.33. The summed E-state index contributed by atoms with van der Waals surface area (Å²) in [6.45, 7) is 0.382. The number of ketones is 1. The molecule has 2 aliphatic rings. The summed E-state index contributed by atoms with van der Waals surface area (Å²) in [6, 6.07) is 13.1. The summed E-state index contributed by atoms with van der Waals surface area (Å²) in [6.07, 6.45) is 6.13. The van der Waals surface area contributed by atoms with Crippen molar-refractivity contribution in [3.05, 3.63) is 64.7 Å². The summed E-state index contributed by atoms with van der Waals surface area (Å²) in [5.41, 5.74) is 4.80. The van der Waals surface area contributed by atoms with Gasteiger partial charge in [-0.2, -0.15) is 0 Å². The Morgan fingerprint density at radius 3 is 2.55 bits per heavy atom. The van der Waals surface area contributed by atoms with Gasteiger partial charge in [0.2, 0.25) is 5.91 Å². The van der Waals surface area contributed by atoms with Crippen LogP contribution in [0.3, 0.4) is 0 Å². The second kappa shape index (κ2) is 8.60. The van der Waals surface area contributed by atoms with Crippen molar-refractivity contribution in [3.8, 4) is 0 Å². The highest BCUT2D eigenvalue weighted by Crippen LogP contribution is 2.23. The van der Waals surface area contributed by atoms with Crippen molar-refractivity contribution in [1.29, 1.82) is 0 Å². The number of hydrogen-bond acceptors (Lipinski definition) is 4. The summed E-state index contributed by atoms with van der Waals surface area (Å²) in [5.74, 6) is -0.594. The number of esters is 1. The molecule has 0 radical (unpaired) electrons. The highest BCUT2D eigenvalue weighted by molar-refractivity contribution is 6.01. The second-order valence-corrected chi connectivity index (χ2v) is 7.77. The van der Waals surface area contributed by atoms with Crippen molar-refractivity contribution >= 4 is 23.3 Å². The molecule has 2 aromatic carbocycles. The Morgan fingerprint density at radius 2 is 1.76 bits per heavy atom. The summed E-state index contributed by atoms with van der Waals surface area (Å²) in [4.78, 5) is 38.3. The minimum atomic E-state index is -0.403. The molecule has 1 fully saturated rings. The lowest BCUT2D eigenvalue weighted by atomic mass is 9.90. The molecule has 0 saturated carbocycles. The molecule has 1 aliphatic carbocycles. The number of carbonyl (C=O) groups excluding carboxylic acids is 3. The zero-order valence-corrected chi connectivity index (χ0v) is 16.5. The SMILES string of the molecule is O=C(Cc1ccc2c(c1)CCCC2)OCC(=O)c1cccc(N2CCCC2=O)c1. The van der Waals surface area contributed by atoms with Crippen LogP contribution in [0.25, 0.3) is 0 Å². The fraction of sp³-hybridized carbons (Fsp3) is 0.375. The Morgan fingerprint density at radius 1 is 0.931 bits per heavy atom. The van der Waals surface area contributed by atoms with E-state index < -0.39 is 5.97 Å². The predicted molar refractivity (Wildman–Crippen MR) is 110 cm³/mol. The van der Waals surface area contributed by atoms with Crippen LogP contribution in [0.1, 0.15) is 52.7 Å². The first kappa shape index (κ1) is 19.4. The van der Waals surface area contributed by atoms with Gasteiger partial charge in [-0.1, -0.05) is 30.3 Å². The first-order valence-corrected chi connectivity index (χ1v) is 10.3. The van der Waals surface area contributed by atoms with Crippen LogP contribution >= 0.6 is 0 Å². The van der Waals surface area contributed by atoms with Gasteiger partial charge >= 0.3 is 5.97 Å². The van der Waals surface area contributed by atoms with E-state index in [1.54, 1.807) is 23.1 Å². The second-order valence-electron chi connectivity index (χ2n) is 7.77. The van der Waals surface area contributed by atoms with Crippen molar-refractivity contribution in [2.24, 2.45) is 0 Å². The van der Waals surface area contributed by atoms with Gasteiger partial charge in [0.05, 0.1) is 6.42 Å². The number of amides is 1. The van der Waals surface area contributed by atoms with Gasteiger partial charge in [-0.05, 0) is 60.9 Å². The van der Waals surface area contributed by atoms with Gasteiger partial charge in [0, 0.05) is 24.2 Å². The number of hydrogen-bond donors (Lipinski definition) is 0. The number of ether oxygens (including phenoxy) is 1. The molecule has 150 valence electrons. The van der Waals surface area contributed by atoms with Crippen LogP contribution in [-0.2, 0) is 33.6 Å². The molecule has 5 nitrogen and oxygen atoms in total. The first-order valence-electron chi connectivity index (χ1n) is 10.3. The van der Waals surface area contributed by atoms with Gasteiger partial charge in [-0.25, -0.2) is 0 Å². The fourth-order valence-electron chi connectivity index (χ4n) is 4.11. The molecule has 29 heavy (non-hydrogen) atoms. The van der Waals surface area contributed by atoms with Gasteiger partial charge < -0.3 is 9.64 Å². The van der Waals surface area contributed by atoms with E-state index in [1.807, 2.05) is 12.1 Å². The molecule has 1 aliphatic heterocycles. The Hall–Kier alpha value is -2.95. The smallest absolute Gasteiger partial charge is 0.310 e. The van der Waals surface area contributed by atoms with Gasteiger partial charge in [-0.15, -0.1) is 0 Å². The molecule has 0 bridgehead atoms. The lowest BCUT2D eigenvalue weighted by Crippen LogP contribution is -2.24. The van der Waals surface area contributed by atoms with E-state index in [2.05, 4.69) is 12.1 Å². The van der Waals surface area contributed by atoms with Crippen molar-refractivity contribution < 1.29 is 19.1 Å². The van der Waals surface area contributed by atoms with Crippen molar-refractivity contribution in [1.82, 2.24) is 0 Å². The molecule has 1 saturated heterocycles. The number of Topliss-reactive ketones (excluding diaryl/α,β-unsaturated/α-hetero) is 1. The van der Waals surface area contributed by atoms with Crippen LogP contribution in [0, 0.1) is 0 Å². The van der Waals surface area contributed by atoms with Crippen LogP contribution in [0.4, 0.5) is 5.69 Å². The molecule has 0 N–H and O–H groups in total.